The third-order valence-electron chi connectivity index (χ3n) is 5.78. The second-order valence-corrected chi connectivity index (χ2v) is 8.85. The number of likely N-dealkylation sites (N-methyl/N-ethyl adjacent to an activating group) is 1. The van der Waals surface area contributed by atoms with Gasteiger partial charge in [0.15, 0.2) is 5.96 Å². The van der Waals surface area contributed by atoms with Crippen molar-refractivity contribution < 1.29 is 4.39 Å². The molecule has 0 aromatic heterocycles. The van der Waals surface area contributed by atoms with Crippen LogP contribution in [0.15, 0.2) is 29.3 Å². The first-order valence-electron chi connectivity index (χ1n) is 10.4. The highest BCUT2D eigenvalue weighted by atomic mass is 19.1. The van der Waals surface area contributed by atoms with Crippen LogP contribution in [0.1, 0.15) is 33.3 Å². The molecule has 1 aromatic rings. The van der Waals surface area contributed by atoms with E-state index in [1.165, 1.54) is 6.07 Å². The monoisotopic (exact) mass is 391 g/mol. The predicted molar refractivity (Wildman–Crippen MR) is 116 cm³/mol. The van der Waals surface area contributed by atoms with Gasteiger partial charge in [-0.05, 0) is 30.7 Å². The van der Waals surface area contributed by atoms with Crippen molar-refractivity contribution in [1.29, 1.82) is 0 Å². The molecule has 0 spiro atoms. The molecule has 5 nitrogen and oxygen atoms in total. The van der Waals surface area contributed by atoms with Crippen LogP contribution < -0.4 is 10.6 Å². The highest BCUT2D eigenvalue weighted by Crippen LogP contribution is 2.22. The number of guanidine groups is 1. The molecule has 1 aliphatic rings. The Morgan fingerprint density at radius 2 is 1.86 bits per heavy atom. The van der Waals surface area contributed by atoms with E-state index in [2.05, 4.69) is 60.2 Å². The minimum absolute atomic E-state index is 0.194. The molecule has 1 unspecified atom stereocenters. The van der Waals surface area contributed by atoms with Crippen molar-refractivity contribution in [3.8, 4) is 0 Å². The largest absolute Gasteiger partial charge is 0.356 e. The maximum absolute atomic E-state index is 13.6. The standard InChI is InChI=1S/C22H38FN5/c1-17(2)20(28-12-10-27(6)11-13-28)15-25-21(24-5)26-16-22(3,4)18-8-7-9-19(23)14-18/h7-9,14,17,20H,10-13,15-16H2,1-6H3,(H2,24,25,26). The van der Waals surface area contributed by atoms with Crippen LogP contribution in [0.4, 0.5) is 4.39 Å². The average Bonchev–Trinajstić information content (AvgIpc) is 2.65. The molecule has 0 saturated carbocycles. The summed E-state index contributed by atoms with van der Waals surface area (Å²) in [7, 11) is 3.98. The molecule has 0 amide bonds. The molecule has 1 aromatic carbocycles. The summed E-state index contributed by atoms with van der Waals surface area (Å²) in [6.45, 7) is 14.8. The molecule has 0 radical (unpaired) electrons. The molecule has 1 atom stereocenters. The summed E-state index contributed by atoms with van der Waals surface area (Å²) in [5.41, 5.74) is 0.780. The second-order valence-electron chi connectivity index (χ2n) is 8.85. The summed E-state index contributed by atoms with van der Waals surface area (Å²) in [5, 5.41) is 6.93. The van der Waals surface area contributed by atoms with Crippen molar-refractivity contribution in [3.63, 3.8) is 0 Å². The molecule has 2 rings (SSSR count). The Morgan fingerprint density at radius 3 is 2.43 bits per heavy atom. The Hall–Kier alpha value is -1.66. The summed E-state index contributed by atoms with van der Waals surface area (Å²) < 4.78 is 13.6. The molecule has 0 bridgehead atoms. The van der Waals surface area contributed by atoms with Crippen molar-refractivity contribution in [1.82, 2.24) is 20.4 Å². The molecule has 2 N–H and O–H groups in total. The number of piperazine rings is 1. The van der Waals surface area contributed by atoms with Gasteiger partial charge < -0.3 is 15.5 Å². The lowest BCUT2D eigenvalue weighted by Gasteiger charge is -2.40. The molecule has 1 fully saturated rings. The number of nitrogens with zero attached hydrogens (tertiary/aromatic N) is 3. The van der Waals surface area contributed by atoms with Gasteiger partial charge in [-0.25, -0.2) is 4.39 Å². The van der Waals surface area contributed by atoms with Gasteiger partial charge in [0.05, 0.1) is 0 Å². The SMILES string of the molecule is CN=C(NCC(C(C)C)N1CCN(C)CC1)NCC(C)(C)c1cccc(F)c1. The lowest BCUT2D eigenvalue weighted by Crippen LogP contribution is -2.55. The number of benzene rings is 1. The normalized spacial score (nSPS) is 18.4. The van der Waals surface area contributed by atoms with E-state index in [0.717, 1.165) is 44.2 Å². The number of hydrogen-bond acceptors (Lipinski definition) is 3. The highest BCUT2D eigenvalue weighted by Gasteiger charge is 2.26. The van der Waals surface area contributed by atoms with Gasteiger partial charge in [0.1, 0.15) is 5.82 Å². The second kappa shape index (κ2) is 10.2. The van der Waals surface area contributed by atoms with E-state index in [4.69, 9.17) is 0 Å². The summed E-state index contributed by atoms with van der Waals surface area (Å²) >= 11 is 0. The minimum atomic E-state index is -0.200. The number of nitrogens with one attached hydrogen (secondary N) is 2. The predicted octanol–water partition coefficient (Wildman–Crippen LogP) is 2.54. The van der Waals surface area contributed by atoms with Crippen LogP contribution in [0.2, 0.25) is 0 Å². The fraction of sp³-hybridized carbons (Fsp3) is 0.682. The van der Waals surface area contributed by atoms with Gasteiger partial charge in [-0.3, -0.25) is 9.89 Å². The molecule has 1 heterocycles. The van der Waals surface area contributed by atoms with E-state index in [9.17, 15) is 4.39 Å². The average molecular weight is 392 g/mol. The van der Waals surface area contributed by atoms with Crippen LogP contribution in [-0.2, 0) is 5.41 Å². The quantitative estimate of drug-likeness (QED) is 0.554. The van der Waals surface area contributed by atoms with Crippen molar-refractivity contribution in [3.05, 3.63) is 35.6 Å². The highest BCUT2D eigenvalue weighted by molar-refractivity contribution is 5.79. The van der Waals surface area contributed by atoms with Gasteiger partial charge in [-0.2, -0.15) is 0 Å². The third kappa shape index (κ3) is 6.45. The van der Waals surface area contributed by atoms with E-state index in [1.807, 2.05) is 6.07 Å². The van der Waals surface area contributed by atoms with Gasteiger partial charge in [0.2, 0.25) is 0 Å². The molecule has 1 aliphatic heterocycles. The molecular weight excluding hydrogens is 353 g/mol. The zero-order valence-electron chi connectivity index (χ0n) is 18.4. The molecule has 0 aliphatic carbocycles. The Bertz CT molecular complexity index is 636. The van der Waals surface area contributed by atoms with Crippen molar-refractivity contribution >= 4 is 5.96 Å². The molecule has 6 heteroatoms. The number of rotatable bonds is 7. The smallest absolute Gasteiger partial charge is 0.191 e. The minimum Gasteiger partial charge on any atom is -0.356 e. The third-order valence-corrected chi connectivity index (χ3v) is 5.78. The van der Waals surface area contributed by atoms with Gasteiger partial charge >= 0.3 is 0 Å². The summed E-state index contributed by atoms with van der Waals surface area (Å²) in [4.78, 5) is 9.35. The lowest BCUT2D eigenvalue weighted by atomic mass is 9.84. The number of halogens is 1. The van der Waals surface area contributed by atoms with Gasteiger partial charge in [0.25, 0.3) is 0 Å². The molecule has 28 heavy (non-hydrogen) atoms. The zero-order valence-corrected chi connectivity index (χ0v) is 18.4. The number of aliphatic imine (C=N–C) groups is 1. The van der Waals surface area contributed by atoms with E-state index in [-0.39, 0.29) is 11.2 Å². The summed E-state index contributed by atoms with van der Waals surface area (Å²) in [6.07, 6.45) is 0. The van der Waals surface area contributed by atoms with Crippen LogP contribution in [0.3, 0.4) is 0 Å². The fourth-order valence-corrected chi connectivity index (χ4v) is 3.68. The first kappa shape index (κ1) is 22.6. The Labute approximate surface area is 170 Å². The maximum Gasteiger partial charge on any atom is 0.191 e. The topological polar surface area (TPSA) is 42.9 Å². The number of hydrogen-bond donors (Lipinski definition) is 2. The van der Waals surface area contributed by atoms with Gasteiger partial charge in [0, 0.05) is 57.8 Å². The lowest BCUT2D eigenvalue weighted by molar-refractivity contribution is 0.0900. The van der Waals surface area contributed by atoms with Crippen LogP contribution in [-0.4, -0.2) is 75.2 Å². The van der Waals surface area contributed by atoms with Crippen LogP contribution >= 0.6 is 0 Å². The first-order valence-corrected chi connectivity index (χ1v) is 10.4. The van der Waals surface area contributed by atoms with Gasteiger partial charge in [-0.15, -0.1) is 0 Å². The van der Waals surface area contributed by atoms with Gasteiger partial charge in [-0.1, -0.05) is 39.8 Å². The van der Waals surface area contributed by atoms with Crippen molar-refractivity contribution in [2.75, 3.05) is 53.4 Å². The van der Waals surface area contributed by atoms with Crippen LogP contribution in [0.25, 0.3) is 0 Å². The maximum atomic E-state index is 13.6. The Kier molecular flexibility index (Phi) is 8.25. The fourth-order valence-electron chi connectivity index (χ4n) is 3.68. The molecule has 158 valence electrons. The molecular formula is C22H38FN5. The summed E-state index contributed by atoms with van der Waals surface area (Å²) in [6, 6.07) is 7.31. The Balaban J connectivity index is 1.90. The van der Waals surface area contributed by atoms with Crippen LogP contribution in [0, 0.1) is 11.7 Å². The van der Waals surface area contributed by atoms with E-state index < -0.39 is 0 Å². The summed E-state index contributed by atoms with van der Waals surface area (Å²) in [5.74, 6) is 1.17. The van der Waals surface area contributed by atoms with E-state index in [0.29, 0.717) is 18.5 Å². The van der Waals surface area contributed by atoms with Crippen LogP contribution in [0.5, 0.6) is 0 Å². The zero-order chi connectivity index (χ0) is 20.7. The Morgan fingerprint density at radius 1 is 1.18 bits per heavy atom. The van der Waals surface area contributed by atoms with E-state index >= 15 is 0 Å². The van der Waals surface area contributed by atoms with Crippen molar-refractivity contribution in [2.45, 2.75) is 39.2 Å². The molecule has 1 saturated heterocycles. The van der Waals surface area contributed by atoms with E-state index in [1.54, 1.807) is 19.2 Å². The van der Waals surface area contributed by atoms with Crippen molar-refractivity contribution in [2.24, 2.45) is 10.9 Å². The first-order chi connectivity index (χ1) is 13.2.